The van der Waals surface area contributed by atoms with Crippen LogP contribution in [0.4, 0.5) is 5.82 Å². The summed E-state index contributed by atoms with van der Waals surface area (Å²) in [6, 6.07) is 4.56. The van der Waals surface area contributed by atoms with Crippen molar-refractivity contribution in [2.45, 2.75) is 25.8 Å². The van der Waals surface area contributed by atoms with Crippen LogP contribution in [0, 0.1) is 6.92 Å². The third-order valence-corrected chi connectivity index (χ3v) is 3.17. The molecular formula is C11H15ClN2. The highest BCUT2D eigenvalue weighted by atomic mass is 35.5. The van der Waals surface area contributed by atoms with Gasteiger partial charge in [-0.15, -0.1) is 11.6 Å². The normalized spacial score (nSPS) is 21.6. The summed E-state index contributed by atoms with van der Waals surface area (Å²) in [5.41, 5.74) is 1.24. The summed E-state index contributed by atoms with van der Waals surface area (Å²) >= 11 is 5.94. The van der Waals surface area contributed by atoms with E-state index in [1.54, 1.807) is 0 Å². The maximum absolute atomic E-state index is 5.94. The monoisotopic (exact) mass is 210 g/mol. The first kappa shape index (κ1) is 9.78. The third-order valence-electron chi connectivity index (χ3n) is 2.81. The van der Waals surface area contributed by atoms with Gasteiger partial charge in [-0.1, -0.05) is 6.07 Å². The molecular weight excluding hydrogens is 196 g/mol. The first-order valence-electron chi connectivity index (χ1n) is 5.07. The molecule has 1 aromatic heterocycles. The lowest BCUT2D eigenvalue weighted by Gasteiger charge is -2.25. The minimum atomic E-state index is 0.477. The number of alkyl halides is 1. The van der Waals surface area contributed by atoms with Crippen molar-refractivity contribution in [2.75, 3.05) is 17.3 Å². The summed E-state index contributed by atoms with van der Waals surface area (Å²) in [5.74, 6) is 1.81. The third kappa shape index (κ3) is 1.71. The molecule has 0 spiro atoms. The second kappa shape index (κ2) is 4.18. The number of rotatable bonds is 2. The topological polar surface area (TPSA) is 16.1 Å². The molecule has 0 N–H and O–H groups in total. The molecule has 1 fully saturated rings. The fraction of sp³-hybridized carbons (Fsp3) is 0.545. The van der Waals surface area contributed by atoms with E-state index in [2.05, 4.69) is 22.9 Å². The maximum Gasteiger partial charge on any atom is 0.131 e. The second-order valence-corrected chi connectivity index (χ2v) is 4.10. The van der Waals surface area contributed by atoms with Crippen molar-refractivity contribution in [1.82, 2.24) is 4.98 Å². The Kier molecular flexibility index (Phi) is 2.92. The van der Waals surface area contributed by atoms with Gasteiger partial charge < -0.3 is 4.90 Å². The Hall–Kier alpha value is -0.760. The average molecular weight is 211 g/mol. The molecule has 2 heterocycles. The van der Waals surface area contributed by atoms with Crippen molar-refractivity contribution in [3.8, 4) is 0 Å². The number of hydrogen-bond acceptors (Lipinski definition) is 2. The van der Waals surface area contributed by atoms with Crippen LogP contribution >= 0.6 is 11.6 Å². The Labute approximate surface area is 89.9 Å². The van der Waals surface area contributed by atoms with Gasteiger partial charge in [0, 0.05) is 24.7 Å². The maximum atomic E-state index is 5.94. The van der Waals surface area contributed by atoms with Crippen LogP contribution in [0.3, 0.4) is 0 Å². The molecule has 1 aromatic rings. The predicted octanol–water partition coefficient (Wildman–Crippen LogP) is 2.60. The van der Waals surface area contributed by atoms with Crippen molar-refractivity contribution >= 4 is 17.4 Å². The van der Waals surface area contributed by atoms with Gasteiger partial charge in [0.15, 0.2) is 0 Å². The van der Waals surface area contributed by atoms with Gasteiger partial charge in [0.2, 0.25) is 0 Å². The van der Waals surface area contributed by atoms with Crippen molar-refractivity contribution in [3.63, 3.8) is 0 Å². The largest absolute Gasteiger partial charge is 0.352 e. The van der Waals surface area contributed by atoms with E-state index in [-0.39, 0.29) is 0 Å². The molecule has 0 aliphatic carbocycles. The van der Waals surface area contributed by atoms with Crippen LogP contribution in [-0.4, -0.2) is 23.5 Å². The molecule has 1 aliphatic heterocycles. The molecule has 1 atom stereocenters. The molecule has 2 rings (SSSR count). The Balaban J connectivity index is 2.26. The zero-order chi connectivity index (χ0) is 9.97. The fourth-order valence-electron chi connectivity index (χ4n) is 2.05. The van der Waals surface area contributed by atoms with Crippen LogP contribution in [0.2, 0.25) is 0 Å². The van der Waals surface area contributed by atoms with Gasteiger partial charge >= 0.3 is 0 Å². The molecule has 1 aliphatic rings. The Morgan fingerprint density at radius 3 is 3.21 bits per heavy atom. The zero-order valence-corrected chi connectivity index (χ0v) is 9.17. The van der Waals surface area contributed by atoms with Crippen LogP contribution in [0.25, 0.3) is 0 Å². The quantitative estimate of drug-likeness (QED) is 0.698. The first-order chi connectivity index (χ1) is 6.83. The molecule has 2 nitrogen and oxygen atoms in total. The van der Waals surface area contributed by atoms with Crippen molar-refractivity contribution in [2.24, 2.45) is 0 Å². The number of aryl methyl sites for hydroxylation is 1. The highest BCUT2D eigenvalue weighted by Gasteiger charge is 2.25. The van der Waals surface area contributed by atoms with Crippen molar-refractivity contribution in [1.29, 1.82) is 0 Å². The van der Waals surface area contributed by atoms with E-state index in [0.29, 0.717) is 11.9 Å². The lowest BCUT2D eigenvalue weighted by molar-refractivity contribution is 0.731. The summed E-state index contributed by atoms with van der Waals surface area (Å²) in [6.07, 6.45) is 4.28. The van der Waals surface area contributed by atoms with Gasteiger partial charge in [0.25, 0.3) is 0 Å². The number of nitrogens with zero attached hydrogens (tertiary/aromatic N) is 2. The standard InChI is InChI=1S/C11H15ClN2/c1-9-4-2-6-13-11(9)14-7-3-5-10(14)8-12/h2,4,6,10H,3,5,7-8H2,1H3. The van der Waals surface area contributed by atoms with Crippen LogP contribution in [0.5, 0.6) is 0 Å². The lowest BCUT2D eigenvalue weighted by Crippen LogP contribution is -2.31. The molecule has 1 saturated heterocycles. The Bertz CT molecular complexity index is 314. The number of hydrogen-bond donors (Lipinski definition) is 0. The smallest absolute Gasteiger partial charge is 0.131 e. The summed E-state index contributed by atoms with van der Waals surface area (Å²) < 4.78 is 0. The number of anilines is 1. The molecule has 1 unspecified atom stereocenters. The predicted molar refractivity (Wildman–Crippen MR) is 60.1 cm³/mol. The van der Waals surface area contributed by atoms with E-state index in [9.17, 15) is 0 Å². The van der Waals surface area contributed by atoms with E-state index >= 15 is 0 Å². The highest BCUT2D eigenvalue weighted by molar-refractivity contribution is 6.18. The van der Waals surface area contributed by atoms with Gasteiger partial charge in [-0.2, -0.15) is 0 Å². The van der Waals surface area contributed by atoms with Gasteiger partial charge in [0.1, 0.15) is 5.82 Å². The average Bonchev–Trinajstić information content (AvgIpc) is 2.66. The number of halogens is 1. The molecule has 0 aromatic carbocycles. The van der Waals surface area contributed by atoms with E-state index < -0.39 is 0 Å². The summed E-state index contributed by atoms with van der Waals surface area (Å²) in [6.45, 7) is 3.20. The molecule has 0 radical (unpaired) electrons. The minimum Gasteiger partial charge on any atom is -0.352 e. The van der Waals surface area contributed by atoms with Crippen LogP contribution < -0.4 is 4.90 Å². The molecule has 0 amide bonds. The number of aromatic nitrogens is 1. The Morgan fingerprint density at radius 2 is 2.50 bits per heavy atom. The van der Waals surface area contributed by atoms with E-state index in [1.807, 2.05) is 12.3 Å². The second-order valence-electron chi connectivity index (χ2n) is 3.79. The van der Waals surface area contributed by atoms with E-state index in [4.69, 9.17) is 11.6 Å². The molecule has 3 heteroatoms. The van der Waals surface area contributed by atoms with Gasteiger partial charge in [-0.3, -0.25) is 0 Å². The van der Waals surface area contributed by atoms with E-state index in [0.717, 1.165) is 12.4 Å². The van der Waals surface area contributed by atoms with Crippen LogP contribution in [0.15, 0.2) is 18.3 Å². The van der Waals surface area contributed by atoms with Crippen molar-refractivity contribution in [3.05, 3.63) is 23.9 Å². The summed E-state index contributed by atoms with van der Waals surface area (Å²) in [4.78, 5) is 6.76. The summed E-state index contributed by atoms with van der Waals surface area (Å²) in [7, 11) is 0. The molecule has 0 bridgehead atoms. The zero-order valence-electron chi connectivity index (χ0n) is 8.41. The number of pyridine rings is 1. The van der Waals surface area contributed by atoms with Crippen LogP contribution in [0.1, 0.15) is 18.4 Å². The highest BCUT2D eigenvalue weighted by Crippen LogP contribution is 2.26. The minimum absolute atomic E-state index is 0.477. The van der Waals surface area contributed by atoms with Crippen LogP contribution in [-0.2, 0) is 0 Å². The Morgan fingerprint density at radius 1 is 1.64 bits per heavy atom. The summed E-state index contributed by atoms with van der Waals surface area (Å²) in [5, 5.41) is 0. The lowest BCUT2D eigenvalue weighted by atomic mass is 10.2. The van der Waals surface area contributed by atoms with E-state index in [1.165, 1.54) is 18.4 Å². The van der Waals surface area contributed by atoms with Gasteiger partial charge in [-0.05, 0) is 31.4 Å². The molecule has 76 valence electrons. The van der Waals surface area contributed by atoms with Gasteiger partial charge in [-0.25, -0.2) is 4.98 Å². The SMILES string of the molecule is Cc1cccnc1N1CCCC1CCl. The fourth-order valence-corrected chi connectivity index (χ4v) is 2.37. The first-order valence-corrected chi connectivity index (χ1v) is 5.60. The van der Waals surface area contributed by atoms with Gasteiger partial charge in [0.05, 0.1) is 0 Å². The molecule has 0 saturated carbocycles. The van der Waals surface area contributed by atoms with Crippen molar-refractivity contribution < 1.29 is 0 Å². The molecule has 14 heavy (non-hydrogen) atoms.